The van der Waals surface area contributed by atoms with Crippen LogP contribution in [0, 0.1) is 11.6 Å². The number of imidazole rings is 1. The van der Waals surface area contributed by atoms with E-state index in [4.69, 9.17) is 0 Å². The maximum Gasteiger partial charge on any atom is 0.159 e. The van der Waals surface area contributed by atoms with Crippen LogP contribution < -0.4 is 0 Å². The molecular weight excluding hydrogens is 294 g/mol. The molecule has 0 bridgehead atoms. The van der Waals surface area contributed by atoms with Gasteiger partial charge in [0.2, 0.25) is 0 Å². The van der Waals surface area contributed by atoms with Gasteiger partial charge in [0.1, 0.15) is 0 Å². The summed E-state index contributed by atoms with van der Waals surface area (Å²) in [6.07, 6.45) is 5.33. The molecule has 4 heteroatoms. The third-order valence-corrected chi connectivity index (χ3v) is 4.69. The van der Waals surface area contributed by atoms with Gasteiger partial charge in [-0.05, 0) is 47.6 Å². The maximum atomic E-state index is 13.6. The van der Waals surface area contributed by atoms with E-state index in [9.17, 15) is 8.78 Å². The summed E-state index contributed by atoms with van der Waals surface area (Å²) in [5.41, 5.74) is 4.35. The van der Waals surface area contributed by atoms with Gasteiger partial charge < -0.3 is 4.98 Å². The Morgan fingerprint density at radius 3 is 2.61 bits per heavy atom. The van der Waals surface area contributed by atoms with Gasteiger partial charge in [-0.15, -0.1) is 0 Å². The van der Waals surface area contributed by atoms with Crippen LogP contribution in [0.15, 0.2) is 55.0 Å². The molecule has 4 rings (SSSR count). The number of halogens is 2. The first-order valence-electron chi connectivity index (χ1n) is 7.74. The minimum atomic E-state index is -0.798. The van der Waals surface area contributed by atoms with E-state index in [1.165, 1.54) is 23.3 Å². The summed E-state index contributed by atoms with van der Waals surface area (Å²) in [7, 11) is 0. The van der Waals surface area contributed by atoms with Gasteiger partial charge >= 0.3 is 0 Å². The predicted molar refractivity (Wildman–Crippen MR) is 84.3 cm³/mol. The van der Waals surface area contributed by atoms with E-state index in [0.29, 0.717) is 5.92 Å². The fourth-order valence-corrected chi connectivity index (χ4v) is 3.63. The van der Waals surface area contributed by atoms with E-state index in [-0.39, 0.29) is 5.92 Å². The average Bonchev–Trinajstić information content (AvgIpc) is 3.19. The third kappa shape index (κ3) is 2.54. The third-order valence-electron chi connectivity index (χ3n) is 4.69. The van der Waals surface area contributed by atoms with Crippen LogP contribution in [0.2, 0.25) is 0 Å². The van der Waals surface area contributed by atoms with Gasteiger partial charge in [0.05, 0.1) is 12.0 Å². The number of nitrogens with one attached hydrogen (secondary N) is 1. The van der Waals surface area contributed by atoms with E-state index in [1.54, 1.807) is 12.4 Å². The number of aromatic amines is 1. The second-order valence-corrected chi connectivity index (χ2v) is 6.05. The van der Waals surface area contributed by atoms with Crippen molar-refractivity contribution in [2.75, 3.05) is 0 Å². The summed E-state index contributed by atoms with van der Waals surface area (Å²) in [5.74, 6) is -1.14. The first kappa shape index (κ1) is 14.1. The monoisotopic (exact) mass is 310 g/mol. The molecule has 0 saturated carbocycles. The first-order chi connectivity index (χ1) is 11.2. The summed E-state index contributed by atoms with van der Waals surface area (Å²) in [4.78, 5) is 7.29. The minimum absolute atomic E-state index is 0.102. The molecule has 116 valence electrons. The molecule has 1 aromatic heterocycles. The highest BCUT2D eigenvalue weighted by atomic mass is 19.2. The molecule has 2 atom stereocenters. The fourth-order valence-electron chi connectivity index (χ4n) is 3.63. The molecule has 2 unspecified atom stereocenters. The number of aromatic nitrogens is 2. The minimum Gasteiger partial charge on any atom is -0.351 e. The van der Waals surface area contributed by atoms with Gasteiger partial charge in [-0.25, -0.2) is 13.8 Å². The van der Waals surface area contributed by atoms with Crippen molar-refractivity contribution in [2.24, 2.45) is 0 Å². The van der Waals surface area contributed by atoms with Crippen LogP contribution >= 0.6 is 0 Å². The Morgan fingerprint density at radius 1 is 1.04 bits per heavy atom. The van der Waals surface area contributed by atoms with E-state index >= 15 is 0 Å². The SMILES string of the molecule is Fc1ccc(C2CC(Cc3c[nH]cn3)c3ccccc32)cc1F. The number of fused-ring (bicyclic) bond motifs is 1. The van der Waals surface area contributed by atoms with E-state index in [2.05, 4.69) is 22.1 Å². The van der Waals surface area contributed by atoms with Crippen LogP contribution in [0.5, 0.6) is 0 Å². The lowest BCUT2D eigenvalue weighted by Crippen LogP contribution is -2.01. The molecule has 3 aromatic rings. The highest BCUT2D eigenvalue weighted by molar-refractivity contribution is 5.45. The van der Waals surface area contributed by atoms with E-state index < -0.39 is 11.6 Å². The lowest BCUT2D eigenvalue weighted by Gasteiger charge is -2.13. The smallest absolute Gasteiger partial charge is 0.159 e. The van der Waals surface area contributed by atoms with Crippen molar-refractivity contribution in [3.63, 3.8) is 0 Å². The zero-order valence-electron chi connectivity index (χ0n) is 12.5. The van der Waals surface area contributed by atoms with E-state index in [0.717, 1.165) is 24.1 Å². The summed E-state index contributed by atoms with van der Waals surface area (Å²) in [5, 5.41) is 0. The zero-order chi connectivity index (χ0) is 15.8. The Bertz CT molecular complexity index is 827. The second-order valence-electron chi connectivity index (χ2n) is 6.05. The molecule has 0 aliphatic heterocycles. The van der Waals surface area contributed by atoms with Gasteiger partial charge in [0, 0.05) is 12.1 Å². The summed E-state index contributed by atoms with van der Waals surface area (Å²) in [6.45, 7) is 0. The predicted octanol–water partition coefficient (Wildman–Crippen LogP) is 4.55. The molecule has 23 heavy (non-hydrogen) atoms. The van der Waals surface area contributed by atoms with Crippen molar-refractivity contribution in [3.8, 4) is 0 Å². The quantitative estimate of drug-likeness (QED) is 0.755. The van der Waals surface area contributed by atoms with Gasteiger partial charge in [0.15, 0.2) is 11.6 Å². The molecule has 2 aromatic carbocycles. The molecule has 1 aliphatic carbocycles. The van der Waals surface area contributed by atoms with Crippen LogP contribution in [-0.2, 0) is 6.42 Å². The maximum absolute atomic E-state index is 13.6. The number of hydrogen-bond acceptors (Lipinski definition) is 1. The van der Waals surface area contributed by atoms with Gasteiger partial charge in [-0.3, -0.25) is 0 Å². The van der Waals surface area contributed by atoms with Crippen molar-refractivity contribution in [3.05, 3.63) is 89.0 Å². The van der Waals surface area contributed by atoms with Crippen molar-refractivity contribution < 1.29 is 8.78 Å². The van der Waals surface area contributed by atoms with Crippen molar-refractivity contribution >= 4 is 0 Å². The molecule has 0 saturated heterocycles. The highest BCUT2D eigenvalue weighted by Gasteiger charge is 2.32. The lowest BCUT2D eigenvalue weighted by atomic mass is 9.92. The Morgan fingerprint density at radius 2 is 1.87 bits per heavy atom. The Balaban J connectivity index is 1.70. The summed E-state index contributed by atoms with van der Waals surface area (Å²) < 4.78 is 26.8. The number of H-pyrrole nitrogens is 1. The van der Waals surface area contributed by atoms with Crippen molar-refractivity contribution in [1.82, 2.24) is 9.97 Å². The molecule has 2 nitrogen and oxygen atoms in total. The van der Waals surface area contributed by atoms with Crippen LogP contribution in [-0.4, -0.2) is 9.97 Å². The summed E-state index contributed by atoms with van der Waals surface area (Å²) in [6, 6.07) is 12.5. The average molecular weight is 310 g/mol. The molecule has 0 fully saturated rings. The number of nitrogens with zero attached hydrogens (tertiary/aromatic N) is 1. The molecule has 1 aliphatic rings. The van der Waals surface area contributed by atoms with Crippen LogP contribution in [0.1, 0.15) is 40.6 Å². The van der Waals surface area contributed by atoms with E-state index in [1.807, 2.05) is 18.3 Å². The molecule has 0 radical (unpaired) electrons. The number of hydrogen-bond donors (Lipinski definition) is 1. The standard InChI is InChI=1S/C19H16F2N2/c20-18-6-5-12(9-19(18)21)17-8-13(7-14-10-22-11-23-14)15-3-1-2-4-16(15)17/h1-6,9-11,13,17H,7-8H2,(H,22,23). The fraction of sp³-hybridized carbons (Fsp3) is 0.211. The molecular formula is C19H16F2N2. The van der Waals surface area contributed by atoms with Crippen molar-refractivity contribution in [1.29, 1.82) is 0 Å². The van der Waals surface area contributed by atoms with Crippen LogP contribution in [0.4, 0.5) is 8.78 Å². The van der Waals surface area contributed by atoms with Gasteiger partial charge in [-0.2, -0.15) is 0 Å². The van der Waals surface area contributed by atoms with Gasteiger partial charge in [0.25, 0.3) is 0 Å². The lowest BCUT2D eigenvalue weighted by molar-refractivity contribution is 0.505. The number of benzene rings is 2. The van der Waals surface area contributed by atoms with Crippen LogP contribution in [0.25, 0.3) is 0 Å². The number of rotatable bonds is 3. The van der Waals surface area contributed by atoms with Crippen molar-refractivity contribution in [2.45, 2.75) is 24.7 Å². The molecule has 0 spiro atoms. The Labute approximate surface area is 133 Å². The highest BCUT2D eigenvalue weighted by Crippen LogP contribution is 2.46. The van der Waals surface area contributed by atoms with Gasteiger partial charge in [-0.1, -0.05) is 30.3 Å². The van der Waals surface area contributed by atoms with Crippen LogP contribution in [0.3, 0.4) is 0 Å². The topological polar surface area (TPSA) is 28.7 Å². The zero-order valence-corrected chi connectivity index (χ0v) is 12.5. The molecule has 1 N–H and O–H groups in total. The summed E-state index contributed by atoms with van der Waals surface area (Å²) >= 11 is 0. The normalized spacial score (nSPS) is 19.7. The molecule has 0 amide bonds. The molecule has 1 heterocycles. The second kappa shape index (κ2) is 5.61. The Kier molecular flexibility index (Phi) is 3.45. The largest absolute Gasteiger partial charge is 0.351 e. The first-order valence-corrected chi connectivity index (χ1v) is 7.74. The Hall–Kier alpha value is -2.49.